The van der Waals surface area contributed by atoms with Gasteiger partial charge in [-0.1, -0.05) is 52.3 Å². The maximum Gasteiger partial charge on any atom is 0.289 e. The first kappa shape index (κ1) is 18.1. The number of hydrazine groups is 1. The molecule has 0 unspecified atom stereocenters. The maximum absolute atomic E-state index is 12.6. The third kappa shape index (κ3) is 3.58. The number of nitrogens with two attached hydrogens (primary N) is 1. The molecule has 0 bridgehead atoms. The van der Waals surface area contributed by atoms with Crippen molar-refractivity contribution in [1.29, 1.82) is 0 Å². The van der Waals surface area contributed by atoms with Crippen molar-refractivity contribution in [2.45, 2.75) is 0 Å². The summed E-state index contributed by atoms with van der Waals surface area (Å²) in [4.78, 5) is 24.5. The Morgan fingerprint density at radius 1 is 1.11 bits per heavy atom. The number of nitrogens with one attached hydrogen (secondary N) is 1. The van der Waals surface area contributed by atoms with Crippen LogP contribution in [0.4, 0.5) is 0 Å². The summed E-state index contributed by atoms with van der Waals surface area (Å²) in [6.07, 6.45) is 5.93. The zero-order chi connectivity index (χ0) is 19.7. The van der Waals surface area contributed by atoms with E-state index in [1.54, 1.807) is 18.2 Å². The van der Waals surface area contributed by atoms with Gasteiger partial charge in [-0.15, -0.1) is 0 Å². The van der Waals surface area contributed by atoms with Crippen molar-refractivity contribution in [2.24, 2.45) is 5.84 Å². The summed E-state index contributed by atoms with van der Waals surface area (Å²) in [7, 11) is 0. The largest absolute Gasteiger partial charge is 0.289 e. The zero-order valence-corrected chi connectivity index (χ0v) is 16.2. The number of carbonyl (C=O) groups is 2. The Morgan fingerprint density at radius 2 is 1.89 bits per heavy atom. The van der Waals surface area contributed by atoms with Gasteiger partial charge in [-0.3, -0.25) is 14.7 Å². The van der Waals surface area contributed by atoms with E-state index in [0.29, 0.717) is 11.3 Å². The van der Waals surface area contributed by atoms with E-state index in [2.05, 4.69) is 26.1 Å². The number of hydrogen-bond acceptors (Lipinski definition) is 4. The van der Waals surface area contributed by atoms with E-state index in [1.165, 1.54) is 12.3 Å². The number of aromatic amines is 1. The summed E-state index contributed by atoms with van der Waals surface area (Å²) < 4.78 is 0.722. The number of nitrogens with zero attached hydrogens (tertiary/aromatic N) is 2. The number of rotatable bonds is 3. The van der Waals surface area contributed by atoms with Crippen molar-refractivity contribution < 1.29 is 9.59 Å². The Kier molecular flexibility index (Phi) is 4.77. The lowest BCUT2D eigenvalue weighted by atomic mass is 10.1. The number of carbonyl (C=O) groups excluding carboxylic acids is 2. The van der Waals surface area contributed by atoms with Gasteiger partial charge in [0.25, 0.3) is 5.91 Å². The minimum atomic E-state index is -0.501. The second-order valence-electron chi connectivity index (χ2n) is 6.25. The van der Waals surface area contributed by atoms with Crippen LogP contribution in [0.15, 0.2) is 83.0 Å². The number of ketones is 1. The normalized spacial score (nSPS) is 15.1. The molecule has 7 heteroatoms. The van der Waals surface area contributed by atoms with Crippen LogP contribution in [0.1, 0.15) is 10.5 Å². The molecule has 0 spiro atoms. The van der Waals surface area contributed by atoms with E-state index in [1.807, 2.05) is 42.5 Å². The van der Waals surface area contributed by atoms with E-state index in [9.17, 15) is 9.59 Å². The van der Waals surface area contributed by atoms with E-state index in [0.717, 1.165) is 25.8 Å². The van der Waals surface area contributed by atoms with E-state index in [-0.39, 0.29) is 11.5 Å². The van der Waals surface area contributed by atoms with Crippen molar-refractivity contribution in [3.05, 3.63) is 88.7 Å². The predicted molar refractivity (Wildman–Crippen MR) is 111 cm³/mol. The van der Waals surface area contributed by atoms with E-state index >= 15 is 0 Å². The quantitative estimate of drug-likeness (QED) is 0.283. The molecule has 138 valence electrons. The fourth-order valence-corrected chi connectivity index (χ4v) is 3.27. The van der Waals surface area contributed by atoms with Crippen LogP contribution in [0.5, 0.6) is 0 Å². The predicted octanol–water partition coefficient (Wildman–Crippen LogP) is 3.85. The van der Waals surface area contributed by atoms with Gasteiger partial charge in [0.2, 0.25) is 0 Å². The molecule has 1 aliphatic rings. The van der Waals surface area contributed by atoms with E-state index in [4.69, 9.17) is 5.84 Å². The third-order valence-corrected chi connectivity index (χ3v) is 4.83. The Balaban J connectivity index is 1.58. The molecule has 1 heterocycles. The lowest BCUT2D eigenvalue weighted by Gasteiger charge is -2.12. The van der Waals surface area contributed by atoms with Gasteiger partial charge in [0, 0.05) is 21.8 Å². The molecule has 4 rings (SSSR count). The van der Waals surface area contributed by atoms with Gasteiger partial charge in [0.15, 0.2) is 5.78 Å². The van der Waals surface area contributed by atoms with Gasteiger partial charge in [-0.25, -0.2) is 10.9 Å². The van der Waals surface area contributed by atoms with Crippen LogP contribution in [0.3, 0.4) is 0 Å². The molecular formula is C21H15BrN4O2. The summed E-state index contributed by atoms with van der Waals surface area (Å²) in [5.41, 5.74) is 2.05. The summed E-state index contributed by atoms with van der Waals surface area (Å²) in [5, 5.41) is 10.0. The molecule has 6 nitrogen and oxygen atoms in total. The van der Waals surface area contributed by atoms with Gasteiger partial charge < -0.3 is 0 Å². The summed E-state index contributed by atoms with van der Waals surface area (Å²) in [5.74, 6) is 5.12. The van der Waals surface area contributed by atoms with Crippen LogP contribution in [0.25, 0.3) is 22.0 Å². The minimum absolute atomic E-state index is 0.226. The number of H-pyrrole nitrogens is 1. The van der Waals surface area contributed by atoms with Crippen molar-refractivity contribution >= 4 is 38.4 Å². The molecular weight excluding hydrogens is 420 g/mol. The second-order valence-corrected chi connectivity index (χ2v) is 7.17. The van der Waals surface area contributed by atoms with Crippen molar-refractivity contribution in [3.63, 3.8) is 0 Å². The van der Waals surface area contributed by atoms with Crippen LogP contribution < -0.4 is 5.84 Å². The monoisotopic (exact) mass is 434 g/mol. The first-order valence-corrected chi connectivity index (χ1v) is 9.25. The van der Waals surface area contributed by atoms with Crippen molar-refractivity contribution in [3.8, 4) is 11.3 Å². The number of amides is 1. The van der Waals surface area contributed by atoms with Gasteiger partial charge in [-0.05, 0) is 41.1 Å². The Hall–Kier alpha value is -3.29. The SMILES string of the molecule is NN(C=C1C=C(Br)C=CC1=O)C(=O)c1cc(-c2ccc3ccccc3c2)n[nH]1. The fourth-order valence-electron chi connectivity index (χ4n) is 2.90. The highest BCUT2D eigenvalue weighted by molar-refractivity contribution is 9.11. The molecule has 2 aromatic carbocycles. The number of halogens is 1. The highest BCUT2D eigenvalue weighted by atomic mass is 79.9. The number of fused-ring (bicyclic) bond motifs is 1. The Labute approximate surface area is 169 Å². The lowest BCUT2D eigenvalue weighted by Crippen LogP contribution is -2.33. The molecule has 1 amide bonds. The van der Waals surface area contributed by atoms with Gasteiger partial charge in [0.1, 0.15) is 5.69 Å². The molecule has 1 aromatic heterocycles. The lowest BCUT2D eigenvalue weighted by molar-refractivity contribution is -0.111. The summed E-state index contributed by atoms with van der Waals surface area (Å²) in [6.45, 7) is 0. The molecule has 28 heavy (non-hydrogen) atoms. The minimum Gasteiger partial charge on any atom is -0.289 e. The molecule has 3 N–H and O–H groups in total. The number of allylic oxidation sites excluding steroid dienone is 5. The molecule has 0 aliphatic heterocycles. The summed E-state index contributed by atoms with van der Waals surface area (Å²) >= 11 is 3.30. The highest BCUT2D eigenvalue weighted by Gasteiger charge is 2.17. The topological polar surface area (TPSA) is 92.1 Å². The molecule has 3 aromatic rings. The molecule has 0 saturated heterocycles. The Morgan fingerprint density at radius 3 is 2.71 bits per heavy atom. The average molecular weight is 435 g/mol. The Bertz CT molecular complexity index is 1190. The zero-order valence-electron chi connectivity index (χ0n) is 14.6. The molecule has 0 atom stereocenters. The van der Waals surface area contributed by atoms with Crippen LogP contribution in [0.2, 0.25) is 0 Å². The second kappa shape index (κ2) is 7.38. The number of hydrogen-bond donors (Lipinski definition) is 2. The average Bonchev–Trinajstić information content (AvgIpc) is 3.20. The molecule has 0 radical (unpaired) electrons. The number of aromatic nitrogens is 2. The summed E-state index contributed by atoms with van der Waals surface area (Å²) in [6, 6.07) is 15.6. The fraction of sp³-hybridized carbons (Fsp3) is 0. The van der Waals surface area contributed by atoms with Gasteiger partial charge in [-0.2, -0.15) is 5.10 Å². The molecule has 0 saturated carbocycles. The third-order valence-electron chi connectivity index (χ3n) is 4.34. The smallest absolute Gasteiger partial charge is 0.289 e. The number of benzene rings is 2. The van der Waals surface area contributed by atoms with Crippen LogP contribution in [-0.2, 0) is 4.79 Å². The van der Waals surface area contributed by atoms with Crippen LogP contribution >= 0.6 is 15.9 Å². The van der Waals surface area contributed by atoms with Gasteiger partial charge in [0.05, 0.1) is 5.69 Å². The standard InChI is InChI=1S/C21H15BrN4O2/c22-17-7-8-20(27)16(10-17)12-26(23)21(28)19-11-18(24-25-19)15-6-5-13-3-1-2-4-14(13)9-15/h1-12H,23H2,(H,24,25). The van der Waals surface area contributed by atoms with Crippen molar-refractivity contribution in [1.82, 2.24) is 15.2 Å². The maximum atomic E-state index is 12.6. The first-order chi connectivity index (χ1) is 13.5. The van der Waals surface area contributed by atoms with Crippen molar-refractivity contribution in [2.75, 3.05) is 0 Å². The van der Waals surface area contributed by atoms with Crippen LogP contribution in [0, 0.1) is 0 Å². The first-order valence-electron chi connectivity index (χ1n) is 8.45. The van der Waals surface area contributed by atoms with E-state index < -0.39 is 5.91 Å². The van der Waals surface area contributed by atoms with Crippen LogP contribution in [-0.4, -0.2) is 26.9 Å². The molecule has 0 fully saturated rings. The highest BCUT2D eigenvalue weighted by Crippen LogP contribution is 2.24. The molecule has 1 aliphatic carbocycles. The van der Waals surface area contributed by atoms with Gasteiger partial charge >= 0.3 is 0 Å².